The lowest BCUT2D eigenvalue weighted by Gasteiger charge is -2.15. The molecule has 0 atom stereocenters. The van der Waals surface area contributed by atoms with Gasteiger partial charge in [0, 0.05) is 19.2 Å². The average Bonchev–Trinajstić information content (AvgIpc) is 2.45. The first-order chi connectivity index (χ1) is 9.93. The highest BCUT2D eigenvalue weighted by atomic mass is 19.4. The van der Waals surface area contributed by atoms with E-state index in [4.69, 9.17) is 0 Å². The van der Waals surface area contributed by atoms with Crippen LogP contribution in [0.1, 0.15) is 16.7 Å². The lowest BCUT2D eigenvalue weighted by Crippen LogP contribution is -2.13. The minimum atomic E-state index is -4.37. The minimum absolute atomic E-state index is 0.0384. The summed E-state index contributed by atoms with van der Waals surface area (Å²) in [4.78, 5) is 8.08. The largest absolute Gasteiger partial charge is 0.416 e. The fraction of sp³-hybridized carbons (Fsp3) is 0.286. The van der Waals surface area contributed by atoms with E-state index in [1.807, 2.05) is 0 Å². The second kappa shape index (κ2) is 5.99. The van der Waals surface area contributed by atoms with Crippen LogP contribution in [0.15, 0.2) is 30.6 Å². The van der Waals surface area contributed by atoms with Crippen LogP contribution < -0.4 is 10.6 Å². The van der Waals surface area contributed by atoms with Gasteiger partial charge in [-0.3, -0.25) is 0 Å². The highest BCUT2D eigenvalue weighted by Gasteiger charge is 2.32. The van der Waals surface area contributed by atoms with Gasteiger partial charge in [0.1, 0.15) is 18.0 Å². The monoisotopic (exact) mass is 296 g/mol. The summed E-state index contributed by atoms with van der Waals surface area (Å²) in [5.74, 6) is 1.14. The predicted molar refractivity (Wildman–Crippen MR) is 75.1 cm³/mol. The number of halogens is 3. The van der Waals surface area contributed by atoms with Gasteiger partial charge in [0.25, 0.3) is 0 Å². The van der Waals surface area contributed by atoms with Gasteiger partial charge in [-0.2, -0.15) is 13.2 Å². The third-order valence-electron chi connectivity index (χ3n) is 3.09. The van der Waals surface area contributed by atoms with Crippen LogP contribution in [0.3, 0.4) is 0 Å². The van der Waals surface area contributed by atoms with Gasteiger partial charge in [0.15, 0.2) is 0 Å². The number of nitrogens with zero attached hydrogens (tertiary/aromatic N) is 2. The van der Waals surface area contributed by atoms with E-state index < -0.39 is 11.7 Å². The first kappa shape index (κ1) is 15.1. The fourth-order valence-corrected chi connectivity index (χ4v) is 2.01. The number of rotatable bonds is 4. The SMILES string of the molecule is CNc1ncnc(NCc2ccccc2C(F)(F)F)c1C. The third kappa shape index (κ3) is 3.42. The van der Waals surface area contributed by atoms with E-state index >= 15 is 0 Å². The quantitative estimate of drug-likeness (QED) is 0.907. The molecule has 0 bridgehead atoms. The second-order valence-electron chi connectivity index (χ2n) is 4.45. The van der Waals surface area contributed by atoms with Crippen molar-refractivity contribution in [2.24, 2.45) is 0 Å². The van der Waals surface area contributed by atoms with Gasteiger partial charge < -0.3 is 10.6 Å². The van der Waals surface area contributed by atoms with Gasteiger partial charge in [-0.1, -0.05) is 18.2 Å². The lowest BCUT2D eigenvalue weighted by molar-refractivity contribution is -0.138. The Balaban J connectivity index is 2.22. The Morgan fingerprint density at radius 3 is 2.43 bits per heavy atom. The van der Waals surface area contributed by atoms with Crippen LogP contribution in [0.5, 0.6) is 0 Å². The van der Waals surface area contributed by atoms with E-state index in [1.54, 1.807) is 20.0 Å². The molecule has 0 saturated carbocycles. The molecule has 0 aliphatic rings. The molecule has 0 aliphatic heterocycles. The van der Waals surface area contributed by atoms with Crippen LogP contribution in [0, 0.1) is 6.92 Å². The van der Waals surface area contributed by atoms with Gasteiger partial charge >= 0.3 is 6.18 Å². The summed E-state index contributed by atoms with van der Waals surface area (Å²) < 4.78 is 38.7. The molecular formula is C14H15F3N4. The molecule has 7 heteroatoms. The number of nitrogens with one attached hydrogen (secondary N) is 2. The molecule has 0 amide bonds. The van der Waals surface area contributed by atoms with Crippen molar-refractivity contribution in [1.82, 2.24) is 9.97 Å². The lowest BCUT2D eigenvalue weighted by atomic mass is 10.1. The maximum absolute atomic E-state index is 12.9. The van der Waals surface area contributed by atoms with E-state index in [2.05, 4.69) is 20.6 Å². The Morgan fingerprint density at radius 1 is 1.10 bits per heavy atom. The first-order valence-corrected chi connectivity index (χ1v) is 6.32. The molecule has 0 spiro atoms. The first-order valence-electron chi connectivity index (χ1n) is 6.32. The molecule has 1 aromatic carbocycles. The number of anilines is 2. The van der Waals surface area contributed by atoms with Crippen molar-refractivity contribution in [2.45, 2.75) is 19.6 Å². The van der Waals surface area contributed by atoms with E-state index in [1.165, 1.54) is 18.5 Å². The van der Waals surface area contributed by atoms with Crippen molar-refractivity contribution >= 4 is 11.6 Å². The number of aromatic nitrogens is 2. The number of hydrogen-bond acceptors (Lipinski definition) is 4. The van der Waals surface area contributed by atoms with Gasteiger partial charge in [0.2, 0.25) is 0 Å². The number of hydrogen-bond donors (Lipinski definition) is 2. The molecule has 21 heavy (non-hydrogen) atoms. The van der Waals surface area contributed by atoms with Crippen molar-refractivity contribution in [3.05, 3.63) is 47.3 Å². The Kier molecular flexibility index (Phi) is 4.30. The summed E-state index contributed by atoms with van der Waals surface area (Å²) >= 11 is 0. The summed E-state index contributed by atoms with van der Waals surface area (Å²) in [6.07, 6.45) is -3.01. The molecular weight excluding hydrogens is 281 g/mol. The molecule has 4 nitrogen and oxygen atoms in total. The van der Waals surface area contributed by atoms with Crippen molar-refractivity contribution < 1.29 is 13.2 Å². The zero-order valence-corrected chi connectivity index (χ0v) is 11.6. The van der Waals surface area contributed by atoms with Crippen molar-refractivity contribution in [3.63, 3.8) is 0 Å². The third-order valence-corrected chi connectivity index (χ3v) is 3.09. The van der Waals surface area contributed by atoms with E-state index in [0.717, 1.165) is 11.6 Å². The topological polar surface area (TPSA) is 49.8 Å². The van der Waals surface area contributed by atoms with E-state index in [9.17, 15) is 13.2 Å². The molecule has 112 valence electrons. The van der Waals surface area contributed by atoms with Crippen molar-refractivity contribution in [3.8, 4) is 0 Å². The number of benzene rings is 1. The summed E-state index contributed by atoms with van der Waals surface area (Å²) in [7, 11) is 1.72. The van der Waals surface area contributed by atoms with Gasteiger partial charge in [-0.25, -0.2) is 9.97 Å². The highest BCUT2D eigenvalue weighted by Crippen LogP contribution is 2.32. The molecule has 0 aliphatic carbocycles. The van der Waals surface area contributed by atoms with Crippen molar-refractivity contribution in [1.29, 1.82) is 0 Å². The van der Waals surface area contributed by atoms with Gasteiger partial charge in [-0.05, 0) is 18.6 Å². The van der Waals surface area contributed by atoms with E-state index in [0.29, 0.717) is 11.6 Å². The summed E-state index contributed by atoms with van der Waals surface area (Å²) in [6, 6.07) is 5.48. The second-order valence-corrected chi connectivity index (χ2v) is 4.45. The Labute approximate surface area is 120 Å². The molecule has 1 aromatic heterocycles. The van der Waals surface area contributed by atoms with E-state index in [-0.39, 0.29) is 12.1 Å². The van der Waals surface area contributed by atoms with Crippen LogP contribution in [0.2, 0.25) is 0 Å². The minimum Gasteiger partial charge on any atom is -0.373 e. The summed E-state index contributed by atoms with van der Waals surface area (Å²) in [5.41, 5.74) is 0.288. The molecule has 0 fully saturated rings. The van der Waals surface area contributed by atoms with Crippen LogP contribution in [-0.4, -0.2) is 17.0 Å². The van der Waals surface area contributed by atoms with Gasteiger partial charge in [0.05, 0.1) is 5.56 Å². The van der Waals surface area contributed by atoms with Crippen LogP contribution in [-0.2, 0) is 12.7 Å². The Morgan fingerprint density at radius 2 is 1.76 bits per heavy atom. The number of alkyl halides is 3. The normalized spacial score (nSPS) is 11.3. The molecule has 0 radical (unpaired) electrons. The average molecular weight is 296 g/mol. The highest BCUT2D eigenvalue weighted by molar-refractivity contribution is 5.56. The standard InChI is InChI=1S/C14H15F3N4/c1-9-12(18-2)20-8-21-13(9)19-7-10-5-3-4-6-11(10)14(15,16)17/h3-6,8H,7H2,1-2H3,(H2,18,19,20,21). The van der Waals surface area contributed by atoms with Crippen molar-refractivity contribution in [2.75, 3.05) is 17.7 Å². The van der Waals surface area contributed by atoms with Crippen LogP contribution in [0.25, 0.3) is 0 Å². The molecule has 2 N–H and O–H groups in total. The zero-order valence-electron chi connectivity index (χ0n) is 11.6. The zero-order chi connectivity index (χ0) is 15.5. The molecule has 0 unspecified atom stereocenters. The molecule has 2 aromatic rings. The van der Waals surface area contributed by atoms with Crippen LogP contribution in [0.4, 0.5) is 24.8 Å². The molecule has 0 saturated heterocycles. The maximum Gasteiger partial charge on any atom is 0.416 e. The smallest absolute Gasteiger partial charge is 0.373 e. The molecule has 2 rings (SSSR count). The maximum atomic E-state index is 12.9. The Bertz CT molecular complexity index is 626. The molecule has 1 heterocycles. The summed E-state index contributed by atoms with van der Waals surface area (Å²) in [5, 5.41) is 5.82. The summed E-state index contributed by atoms with van der Waals surface area (Å²) in [6.45, 7) is 1.83. The van der Waals surface area contributed by atoms with Crippen LogP contribution >= 0.6 is 0 Å². The predicted octanol–water partition coefficient (Wildman–Crippen LogP) is 3.46. The Hall–Kier alpha value is -2.31. The fourth-order valence-electron chi connectivity index (χ4n) is 2.01. The van der Waals surface area contributed by atoms with Gasteiger partial charge in [-0.15, -0.1) is 0 Å².